The largest absolute Gasteiger partial charge is 0.416 e. The van der Waals surface area contributed by atoms with Crippen LogP contribution in [0.25, 0.3) is 22.9 Å². The minimum atomic E-state index is -0.270. The molecule has 2 aromatic carbocycles. The Morgan fingerprint density at radius 2 is 1.96 bits per heavy atom. The van der Waals surface area contributed by atoms with Crippen LogP contribution in [0.4, 0.5) is 5.69 Å². The van der Waals surface area contributed by atoms with Gasteiger partial charge < -0.3 is 15.5 Å². The van der Waals surface area contributed by atoms with Crippen LogP contribution < -0.4 is 11.1 Å². The molecule has 0 unspecified atom stereocenters. The molecule has 3 aromatic rings. The highest BCUT2D eigenvalue weighted by molar-refractivity contribution is 6.31. The molecule has 0 bridgehead atoms. The van der Waals surface area contributed by atoms with Gasteiger partial charge in [0.2, 0.25) is 17.7 Å². The molecule has 0 fully saturated rings. The van der Waals surface area contributed by atoms with Gasteiger partial charge in [-0.25, -0.2) is 0 Å². The molecular formula is C19H17ClN4O2. The Morgan fingerprint density at radius 3 is 2.65 bits per heavy atom. The second-order valence-electron chi connectivity index (χ2n) is 5.67. The molecule has 7 heteroatoms. The number of aryl methyl sites for hydroxylation is 1. The van der Waals surface area contributed by atoms with E-state index in [1.165, 1.54) is 6.08 Å². The lowest BCUT2D eigenvalue weighted by molar-refractivity contribution is -0.116. The number of carbonyl (C=O) groups is 1. The molecule has 0 spiro atoms. The number of nitrogens with one attached hydrogen (secondary N) is 1. The Kier molecular flexibility index (Phi) is 5.04. The summed E-state index contributed by atoms with van der Waals surface area (Å²) in [7, 11) is 0. The standard InChI is InChI=1S/C19H17ClN4O2/c1-3-17(25)22-10-15-11(2)8-12(20)9-14(15)19-24-23-18(26-19)13-6-4-5-7-16(13)21/h3-9H,1,10,21H2,2H3,(H,22,25). The van der Waals surface area contributed by atoms with Crippen LogP contribution in [-0.4, -0.2) is 16.1 Å². The van der Waals surface area contributed by atoms with Crippen LogP contribution in [0.15, 0.2) is 53.5 Å². The number of para-hydroxylation sites is 1. The predicted octanol–water partition coefficient (Wildman–Crippen LogP) is 3.75. The first-order valence-corrected chi connectivity index (χ1v) is 8.25. The zero-order valence-corrected chi connectivity index (χ0v) is 14.9. The number of nitrogen functional groups attached to an aromatic ring is 1. The third kappa shape index (κ3) is 3.60. The average molecular weight is 369 g/mol. The molecule has 1 heterocycles. The highest BCUT2D eigenvalue weighted by atomic mass is 35.5. The number of aromatic nitrogens is 2. The van der Waals surface area contributed by atoms with E-state index in [9.17, 15) is 4.79 Å². The van der Waals surface area contributed by atoms with Crippen LogP contribution in [0.2, 0.25) is 5.02 Å². The summed E-state index contributed by atoms with van der Waals surface area (Å²) >= 11 is 6.20. The molecule has 0 atom stereocenters. The maximum absolute atomic E-state index is 11.5. The van der Waals surface area contributed by atoms with Gasteiger partial charge in [-0.2, -0.15) is 0 Å². The number of nitrogens with zero attached hydrogens (tertiary/aromatic N) is 2. The summed E-state index contributed by atoms with van der Waals surface area (Å²) in [5.41, 5.74) is 9.57. The second kappa shape index (κ2) is 7.41. The number of rotatable bonds is 5. The first kappa shape index (κ1) is 17.7. The molecule has 3 N–H and O–H groups in total. The van der Waals surface area contributed by atoms with Crippen molar-refractivity contribution < 1.29 is 9.21 Å². The fourth-order valence-electron chi connectivity index (χ4n) is 2.58. The van der Waals surface area contributed by atoms with Crippen molar-refractivity contribution in [2.45, 2.75) is 13.5 Å². The van der Waals surface area contributed by atoms with Crippen molar-refractivity contribution in [3.8, 4) is 22.9 Å². The summed E-state index contributed by atoms with van der Waals surface area (Å²) in [6.45, 7) is 5.64. The van der Waals surface area contributed by atoms with Crippen molar-refractivity contribution in [3.05, 3.63) is 65.2 Å². The van der Waals surface area contributed by atoms with Crippen molar-refractivity contribution in [1.82, 2.24) is 15.5 Å². The number of benzene rings is 2. The van der Waals surface area contributed by atoms with Gasteiger partial charge in [-0.1, -0.05) is 30.3 Å². The fourth-order valence-corrected chi connectivity index (χ4v) is 2.85. The lowest BCUT2D eigenvalue weighted by Crippen LogP contribution is -2.21. The molecule has 0 aliphatic rings. The number of hydrogen-bond donors (Lipinski definition) is 2. The highest BCUT2D eigenvalue weighted by Gasteiger charge is 2.17. The van der Waals surface area contributed by atoms with Crippen LogP contribution >= 0.6 is 11.6 Å². The van der Waals surface area contributed by atoms with Gasteiger partial charge in [0.25, 0.3) is 0 Å². The van der Waals surface area contributed by atoms with Gasteiger partial charge in [-0.05, 0) is 48.4 Å². The average Bonchev–Trinajstić information content (AvgIpc) is 3.10. The first-order chi connectivity index (χ1) is 12.5. The van der Waals surface area contributed by atoms with E-state index >= 15 is 0 Å². The van der Waals surface area contributed by atoms with Gasteiger partial charge >= 0.3 is 0 Å². The zero-order chi connectivity index (χ0) is 18.7. The minimum Gasteiger partial charge on any atom is -0.416 e. The number of amides is 1. The fraction of sp³-hybridized carbons (Fsp3) is 0.105. The molecule has 3 rings (SSSR count). The maximum atomic E-state index is 11.5. The Morgan fingerprint density at radius 1 is 1.27 bits per heavy atom. The number of nitrogens with two attached hydrogens (primary N) is 1. The molecule has 0 saturated heterocycles. The molecular weight excluding hydrogens is 352 g/mol. The molecule has 1 amide bonds. The Hall–Kier alpha value is -3.12. The van der Waals surface area contributed by atoms with Gasteiger partial charge in [0.05, 0.1) is 5.56 Å². The van der Waals surface area contributed by atoms with E-state index in [1.54, 1.807) is 18.2 Å². The van der Waals surface area contributed by atoms with Crippen molar-refractivity contribution in [2.24, 2.45) is 0 Å². The quantitative estimate of drug-likeness (QED) is 0.528. The van der Waals surface area contributed by atoms with Crippen molar-refractivity contribution >= 4 is 23.2 Å². The molecule has 0 saturated carbocycles. The normalized spacial score (nSPS) is 10.5. The van der Waals surface area contributed by atoms with Gasteiger partial charge in [0, 0.05) is 22.8 Å². The van der Waals surface area contributed by atoms with Crippen LogP contribution in [0.3, 0.4) is 0 Å². The van der Waals surface area contributed by atoms with E-state index in [-0.39, 0.29) is 12.5 Å². The second-order valence-corrected chi connectivity index (χ2v) is 6.11. The lowest BCUT2D eigenvalue weighted by atomic mass is 10.0. The molecule has 0 aliphatic carbocycles. The van der Waals surface area contributed by atoms with Crippen LogP contribution in [0, 0.1) is 6.92 Å². The molecule has 1 aromatic heterocycles. The monoisotopic (exact) mass is 368 g/mol. The molecule has 26 heavy (non-hydrogen) atoms. The number of anilines is 1. The van der Waals surface area contributed by atoms with Crippen molar-refractivity contribution in [2.75, 3.05) is 5.73 Å². The third-order valence-corrected chi connectivity index (χ3v) is 4.13. The van der Waals surface area contributed by atoms with E-state index in [0.29, 0.717) is 33.6 Å². The predicted molar refractivity (Wildman–Crippen MR) is 101 cm³/mol. The minimum absolute atomic E-state index is 0.270. The summed E-state index contributed by atoms with van der Waals surface area (Å²) in [4.78, 5) is 11.5. The third-order valence-electron chi connectivity index (χ3n) is 3.91. The smallest absolute Gasteiger partial charge is 0.250 e. The Balaban J connectivity index is 2.02. The van der Waals surface area contributed by atoms with Gasteiger partial charge in [0.15, 0.2) is 0 Å². The SMILES string of the molecule is C=CC(=O)NCc1c(C)cc(Cl)cc1-c1nnc(-c2ccccc2N)o1. The number of carbonyl (C=O) groups excluding carboxylic acids is 1. The van der Waals surface area contributed by atoms with E-state index in [4.69, 9.17) is 21.8 Å². The lowest BCUT2D eigenvalue weighted by Gasteiger charge is -2.11. The van der Waals surface area contributed by atoms with E-state index in [0.717, 1.165) is 11.1 Å². The topological polar surface area (TPSA) is 94.0 Å². The first-order valence-electron chi connectivity index (χ1n) is 7.87. The van der Waals surface area contributed by atoms with Crippen LogP contribution in [0.1, 0.15) is 11.1 Å². The maximum Gasteiger partial charge on any atom is 0.250 e. The molecule has 0 aliphatic heterocycles. The van der Waals surface area contributed by atoms with E-state index in [2.05, 4.69) is 22.1 Å². The molecule has 0 radical (unpaired) electrons. The van der Waals surface area contributed by atoms with Crippen LogP contribution in [-0.2, 0) is 11.3 Å². The highest BCUT2D eigenvalue weighted by Crippen LogP contribution is 2.32. The summed E-state index contributed by atoms with van der Waals surface area (Å²) in [5.74, 6) is 0.349. The van der Waals surface area contributed by atoms with Crippen molar-refractivity contribution in [3.63, 3.8) is 0 Å². The van der Waals surface area contributed by atoms with Crippen molar-refractivity contribution in [1.29, 1.82) is 0 Å². The van der Waals surface area contributed by atoms with Gasteiger partial charge in [-0.15, -0.1) is 10.2 Å². The number of halogens is 1. The molecule has 6 nitrogen and oxygen atoms in total. The summed E-state index contributed by atoms with van der Waals surface area (Å²) in [5, 5.41) is 11.5. The summed E-state index contributed by atoms with van der Waals surface area (Å²) < 4.78 is 5.83. The summed E-state index contributed by atoms with van der Waals surface area (Å²) in [6, 6.07) is 10.8. The number of hydrogen-bond acceptors (Lipinski definition) is 5. The zero-order valence-electron chi connectivity index (χ0n) is 14.1. The van der Waals surface area contributed by atoms with E-state index in [1.807, 2.05) is 25.1 Å². The van der Waals surface area contributed by atoms with Crippen LogP contribution in [0.5, 0.6) is 0 Å². The van der Waals surface area contributed by atoms with E-state index < -0.39 is 0 Å². The van der Waals surface area contributed by atoms with Gasteiger partial charge in [0.1, 0.15) is 0 Å². The Labute approximate surface area is 155 Å². The molecule has 132 valence electrons. The van der Waals surface area contributed by atoms with Gasteiger partial charge in [-0.3, -0.25) is 4.79 Å². The summed E-state index contributed by atoms with van der Waals surface area (Å²) in [6.07, 6.45) is 1.22. The Bertz CT molecular complexity index is 981.